The molecule has 1 amide bonds. The number of carbonyl (C=O) groups excluding carboxylic acids is 1. The minimum atomic E-state index is -0.278. The summed E-state index contributed by atoms with van der Waals surface area (Å²) < 4.78 is 11.2. The fraction of sp³-hybridized carbons (Fsp3) is 0.429. The topological polar surface area (TPSA) is 80.4 Å². The number of nitrogens with one attached hydrogen (secondary N) is 2. The van der Waals surface area contributed by atoms with Gasteiger partial charge in [0, 0.05) is 35.0 Å². The Balaban J connectivity index is 2.28. The van der Waals surface area contributed by atoms with Crippen LogP contribution in [0.5, 0.6) is 11.5 Å². The Kier molecular flexibility index (Phi) is 6.66. The van der Waals surface area contributed by atoms with Gasteiger partial charge in [-0.2, -0.15) is 0 Å². The second-order valence-electron chi connectivity index (χ2n) is 6.76. The molecular formula is C21H28N2O4. The molecule has 2 rings (SSSR count). The normalized spacial score (nSPS) is 11.8. The maximum Gasteiger partial charge on any atom is 0.253 e. The monoisotopic (exact) mass is 372 g/mol. The first-order chi connectivity index (χ1) is 12.8. The molecule has 0 bridgehead atoms. The van der Waals surface area contributed by atoms with Crippen LogP contribution in [0.15, 0.2) is 23.0 Å². The molecule has 0 fully saturated rings. The number of aromatic amines is 1. The van der Waals surface area contributed by atoms with Crippen LogP contribution in [0.25, 0.3) is 0 Å². The van der Waals surface area contributed by atoms with Crippen molar-refractivity contribution in [3.63, 3.8) is 0 Å². The lowest BCUT2D eigenvalue weighted by molar-refractivity contribution is 0.0948. The molecule has 0 aliphatic carbocycles. The predicted octanol–water partition coefficient (Wildman–Crippen LogP) is 3.42. The number of hydrogen-bond donors (Lipinski definition) is 2. The van der Waals surface area contributed by atoms with Crippen molar-refractivity contribution in [1.82, 2.24) is 10.3 Å². The quantitative estimate of drug-likeness (QED) is 0.780. The van der Waals surface area contributed by atoms with Crippen LogP contribution in [-0.2, 0) is 6.54 Å². The van der Waals surface area contributed by atoms with Crippen molar-refractivity contribution < 1.29 is 14.3 Å². The molecule has 0 spiro atoms. The first-order valence-electron chi connectivity index (χ1n) is 9.09. The van der Waals surface area contributed by atoms with Crippen LogP contribution in [0, 0.1) is 20.8 Å². The SMILES string of the molecule is CCC(C)Oc1cc(OC)cc(C(=O)NCc2c(C)cc(C)[nH]c2=O)c1C. The van der Waals surface area contributed by atoms with E-state index in [0.717, 1.165) is 23.2 Å². The van der Waals surface area contributed by atoms with Crippen LogP contribution in [0.2, 0.25) is 0 Å². The molecule has 6 nitrogen and oxygen atoms in total. The zero-order valence-corrected chi connectivity index (χ0v) is 16.9. The second-order valence-corrected chi connectivity index (χ2v) is 6.76. The fourth-order valence-electron chi connectivity index (χ4n) is 2.80. The minimum Gasteiger partial charge on any atom is -0.497 e. The summed E-state index contributed by atoms with van der Waals surface area (Å²) in [7, 11) is 1.55. The van der Waals surface area contributed by atoms with Gasteiger partial charge in [0.25, 0.3) is 11.5 Å². The number of H-pyrrole nitrogens is 1. The predicted molar refractivity (Wildman–Crippen MR) is 106 cm³/mol. The Morgan fingerprint density at radius 1 is 1.22 bits per heavy atom. The molecular weight excluding hydrogens is 344 g/mol. The van der Waals surface area contributed by atoms with E-state index in [4.69, 9.17) is 9.47 Å². The van der Waals surface area contributed by atoms with E-state index in [9.17, 15) is 9.59 Å². The number of rotatable bonds is 7. The van der Waals surface area contributed by atoms with Gasteiger partial charge < -0.3 is 19.8 Å². The van der Waals surface area contributed by atoms with Crippen LogP contribution in [0.1, 0.15) is 53.0 Å². The van der Waals surface area contributed by atoms with E-state index in [1.807, 2.05) is 40.7 Å². The molecule has 1 aromatic heterocycles. The Morgan fingerprint density at radius 3 is 2.52 bits per heavy atom. The Bertz CT molecular complexity index is 886. The standard InChI is InChI=1S/C21H28N2O4/c1-7-14(4)27-19-10-16(26-6)9-17(15(19)5)20(24)22-11-18-12(2)8-13(3)23-21(18)25/h8-10,14H,7,11H2,1-6H3,(H,22,24)(H,23,25). The minimum absolute atomic E-state index is 0.0282. The largest absolute Gasteiger partial charge is 0.497 e. The van der Waals surface area contributed by atoms with Crippen molar-refractivity contribution in [1.29, 1.82) is 0 Å². The van der Waals surface area contributed by atoms with E-state index in [0.29, 0.717) is 22.6 Å². The maximum absolute atomic E-state index is 12.8. The average molecular weight is 372 g/mol. The van der Waals surface area contributed by atoms with Gasteiger partial charge in [-0.3, -0.25) is 9.59 Å². The van der Waals surface area contributed by atoms with E-state index in [1.54, 1.807) is 19.2 Å². The Labute approximate surface area is 159 Å². The molecule has 1 unspecified atom stereocenters. The van der Waals surface area contributed by atoms with Gasteiger partial charge in [0.15, 0.2) is 0 Å². The molecule has 1 aromatic carbocycles. The molecule has 2 N–H and O–H groups in total. The molecule has 0 radical (unpaired) electrons. The van der Waals surface area contributed by atoms with Gasteiger partial charge in [0.2, 0.25) is 0 Å². The lowest BCUT2D eigenvalue weighted by Crippen LogP contribution is -2.28. The molecule has 146 valence electrons. The summed E-state index contributed by atoms with van der Waals surface area (Å²) in [6, 6.07) is 5.35. The third-order valence-electron chi connectivity index (χ3n) is 4.64. The van der Waals surface area contributed by atoms with E-state index >= 15 is 0 Å². The van der Waals surface area contributed by atoms with Gasteiger partial charge in [-0.25, -0.2) is 0 Å². The van der Waals surface area contributed by atoms with Crippen LogP contribution >= 0.6 is 0 Å². The third kappa shape index (κ3) is 4.90. The number of methoxy groups -OCH3 is 1. The van der Waals surface area contributed by atoms with E-state index < -0.39 is 0 Å². The van der Waals surface area contributed by atoms with E-state index in [-0.39, 0.29) is 24.1 Å². The Hall–Kier alpha value is -2.76. The first-order valence-corrected chi connectivity index (χ1v) is 9.09. The number of carbonyl (C=O) groups is 1. The summed E-state index contributed by atoms with van der Waals surface area (Å²) in [6.45, 7) is 9.70. The molecule has 27 heavy (non-hydrogen) atoms. The summed E-state index contributed by atoms with van der Waals surface area (Å²) in [6.07, 6.45) is 0.883. The highest BCUT2D eigenvalue weighted by molar-refractivity contribution is 5.96. The highest BCUT2D eigenvalue weighted by atomic mass is 16.5. The summed E-state index contributed by atoms with van der Waals surface area (Å²) in [5, 5.41) is 2.83. The summed E-state index contributed by atoms with van der Waals surface area (Å²) in [5.41, 5.74) is 3.21. The lowest BCUT2D eigenvalue weighted by Gasteiger charge is -2.18. The molecule has 2 aromatic rings. The molecule has 0 saturated carbocycles. The molecule has 0 saturated heterocycles. The first kappa shape index (κ1) is 20.6. The van der Waals surface area contributed by atoms with E-state index in [1.165, 1.54) is 0 Å². The smallest absolute Gasteiger partial charge is 0.253 e. The zero-order chi connectivity index (χ0) is 20.1. The number of benzene rings is 1. The summed E-state index contributed by atoms with van der Waals surface area (Å²) in [4.78, 5) is 27.7. The highest BCUT2D eigenvalue weighted by Gasteiger charge is 2.17. The molecule has 1 heterocycles. The number of aromatic nitrogens is 1. The number of aryl methyl sites for hydroxylation is 2. The number of ether oxygens (including phenoxy) is 2. The van der Waals surface area contributed by atoms with Crippen molar-refractivity contribution >= 4 is 5.91 Å². The van der Waals surface area contributed by atoms with Gasteiger partial charge in [0.1, 0.15) is 11.5 Å². The summed E-state index contributed by atoms with van der Waals surface area (Å²) in [5.74, 6) is 0.895. The summed E-state index contributed by atoms with van der Waals surface area (Å²) >= 11 is 0. The number of amides is 1. The fourth-order valence-corrected chi connectivity index (χ4v) is 2.80. The number of pyridine rings is 1. The van der Waals surface area contributed by atoms with Crippen molar-refractivity contribution in [2.45, 2.75) is 53.7 Å². The van der Waals surface area contributed by atoms with Gasteiger partial charge in [-0.1, -0.05) is 6.92 Å². The maximum atomic E-state index is 12.8. The van der Waals surface area contributed by atoms with Crippen LogP contribution in [0.3, 0.4) is 0 Å². The third-order valence-corrected chi connectivity index (χ3v) is 4.64. The second kappa shape index (κ2) is 8.75. The molecule has 1 atom stereocenters. The van der Waals surface area contributed by atoms with Crippen LogP contribution < -0.4 is 20.3 Å². The molecule has 6 heteroatoms. The van der Waals surface area contributed by atoms with Gasteiger partial charge in [-0.15, -0.1) is 0 Å². The van der Waals surface area contributed by atoms with Gasteiger partial charge in [-0.05, 0) is 51.8 Å². The molecule has 0 aliphatic rings. The molecule has 0 aliphatic heterocycles. The van der Waals surface area contributed by atoms with Crippen molar-refractivity contribution in [3.8, 4) is 11.5 Å². The van der Waals surface area contributed by atoms with Crippen molar-refractivity contribution in [2.75, 3.05) is 7.11 Å². The van der Waals surface area contributed by atoms with Crippen molar-refractivity contribution in [2.24, 2.45) is 0 Å². The van der Waals surface area contributed by atoms with Gasteiger partial charge in [0.05, 0.1) is 13.2 Å². The zero-order valence-electron chi connectivity index (χ0n) is 16.9. The van der Waals surface area contributed by atoms with E-state index in [2.05, 4.69) is 10.3 Å². The van der Waals surface area contributed by atoms with Crippen molar-refractivity contribution in [3.05, 3.63) is 56.5 Å². The lowest BCUT2D eigenvalue weighted by atomic mass is 10.1. The van der Waals surface area contributed by atoms with Gasteiger partial charge >= 0.3 is 0 Å². The Morgan fingerprint density at radius 2 is 1.93 bits per heavy atom. The average Bonchev–Trinajstić information content (AvgIpc) is 2.62. The van der Waals surface area contributed by atoms with Crippen LogP contribution in [-0.4, -0.2) is 24.1 Å². The number of hydrogen-bond acceptors (Lipinski definition) is 4. The highest BCUT2D eigenvalue weighted by Crippen LogP contribution is 2.29. The van der Waals surface area contributed by atoms with Crippen LogP contribution in [0.4, 0.5) is 0 Å².